The number of hydrogen-bond donors (Lipinski definition) is 2. The van der Waals surface area contributed by atoms with Crippen molar-refractivity contribution < 1.29 is 0 Å². The first kappa shape index (κ1) is 14.8. The zero-order chi connectivity index (χ0) is 14.9. The van der Waals surface area contributed by atoms with Gasteiger partial charge < -0.3 is 10.6 Å². The molecule has 0 fully saturated rings. The summed E-state index contributed by atoms with van der Waals surface area (Å²) >= 11 is 4.71. The third kappa shape index (κ3) is 2.93. The molecular weight excluding hydrogens is 268 g/mol. The molecule has 0 aliphatic carbocycles. The van der Waals surface area contributed by atoms with Gasteiger partial charge in [0.1, 0.15) is 0 Å². The predicted molar refractivity (Wildman–Crippen MR) is 89.5 cm³/mol. The minimum Gasteiger partial charge on any atom is -0.375 e. The molecule has 1 heterocycles. The summed E-state index contributed by atoms with van der Waals surface area (Å²) in [5.41, 5.74) is 11.8. The normalized spacial score (nSPS) is 20.8. The number of nitrogens with one attached hydrogen (secondary N) is 1. The van der Waals surface area contributed by atoms with Crippen molar-refractivity contribution in [1.82, 2.24) is 5.43 Å². The van der Waals surface area contributed by atoms with Gasteiger partial charge in [0.05, 0.1) is 6.21 Å². The van der Waals surface area contributed by atoms with Gasteiger partial charge in [-0.15, -0.1) is 0 Å². The Labute approximate surface area is 126 Å². The number of fused-ring (bicyclic) bond motifs is 1. The summed E-state index contributed by atoms with van der Waals surface area (Å²) in [4.78, 5) is 2.36. The van der Waals surface area contributed by atoms with Crippen molar-refractivity contribution in [3.05, 3.63) is 29.3 Å². The van der Waals surface area contributed by atoms with Crippen LogP contribution < -0.4 is 16.1 Å². The Balaban J connectivity index is 2.30. The third-order valence-corrected chi connectivity index (χ3v) is 4.14. The molecular formula is C15H22N4S. The number of nitrogens with zero attached hydrogens (tertiary/aromatic N) is 2. The Kier molecular flexibility index (Phi) is 3.99. The summed E-state index contributed by atoms with van der Waals surface area (Å²) in [7, 11) is 2.16. The highest BCUT2D eigenvalue weighted by atomic mass is 32.1. The number of hydrogen-bond acceptors (Lipinski definition) is 3. The largest absolute Gasteiger partial charge is 0.375 e. The van der Waals surface area contributed by atoms with Crippen LogP contribution in [0.3, 0.4) is 0 Å². The van der Waals surface area contributed by atoms with Crippen molar-refractivity contribution in [2.24, 2.45) is 10.8 Å². The molecule has 3 N–H and O–H groups in total. The fourth-order valence-corrected chi connectivity index (χ4v) is 2.90. The van der Waals surface area contributed by atoms with E-state index < -0.39 is 0 Å². The molecule has 1 aromatic rings. The smallest absolute Gasteiger partial charge is 0.184 e. The van der Waals surface area contributed by atoms with E-state index in [4.69, 9.17) is 18.0 Å². The van der Waals surface area contributed by atoms with Gasteiger partial charge in [0.15, 0.2) is 5.11 Å². The number of anilines is 1. The molecule has 0 amide bonds. The highest BCUT2D eigenvalue weighted by Gasteiger charge is 2.33. The SMILES string of the molecule is CC1CC(C)(C)N(C)c2ccc(/C=N/NC(N)=S)cc21. The average Bonchev–Trinajstić information content (AvgIpc) is 2.35. The lowest BCUT2D eigenvalue weighted by atomic mass is 9.80. The van der Waals surface area contributed by atoms with Crippen molar-refractivity contribution in [1.29, 1.82) is 0 Å². The van der Waals surface area contributed by atoms with Crippen LogP contribution in [0.2, 0.25) is 0 Å². The lowest BCUT2D eigenvalue weighted by molar-refractivity contribution is 0.395. The Morgan fingerprint density at radius 2 is 2.25 bits per heavy atom. The maximum Gasteiger partial charge on any atom is 0.184 e. The van der Waals surface area contributed by atoms with E-state index in [2.05, 4.69) is 61.4 Å². The van der Waals surface area contributed by atoms with E-state index in [1.54, 1.807) is 6.21 Å². The van der Waals surface area contributed by atoms with E-state index in [1.807, 2.05) is 0 Å². The van der Waals surface area contributed by atoms with Crippen LogP contribution in [-0.4, -0.2) is 23.9 Å². The number of nitrogens with two attached hydrogens (primary N) is 1. The second-order valence-corrected chi connectivity index (χ2v) is 6.47. The average molecular weight is 290 g/mol. The fraction of sp³-hybridized carbons (Fsp3) is 0.467. The maximum atomic E-state index is 5.34. The number of benzene rings is 1. The molecule has 4 nitrogen and oxygen atoms in total. The second kappa shape index (κ2) is 5.40. The molecule has 0 bridgehead atoms. The van der Waals surface area contributed by atoms with Crippen LogP contribution in [-0.2, 0) is 0 Å². The fourth-order valence-electron chi connectivity index (χ4n) is 2.85. The van der Waals surface area contributed by atoms with Gasteiger partial charge in [0.2, 0.25) is 0 Å². The summed E-state index contributed by atoms with van der Waals surface area (Å²) in [5, 5.41) is 4.18. The molecule has 1 aliphatic heterocycles. The van der Waals surface area contributed by atoms with Crippen LogP contribution in [0.1, 0.15) is 44.2 Å². The minimum atomic E-state index is 0.175. The molecule has 0 aromatic heterocycles. The van der Waals surface area contributed by atoms with E-state index in [9.17, 15) is 0 Å². The molecule has 5 heteroatoms. The van der Waals surface area contributed by atoms with Crippen molar-refractivity contribution in [3.63, 3.8) is 0 Å². The van der Waals surface area contributed by atoms with Crippen molar-refractivity contribution in [2.75, 3.05) is 11.9 Å². The molecule has 0 spiro atoms. The molecule has 1 atom stereocenters. The lowest BCUT2D eigenvalue weighted by Gasteiger charge is -2.45. The van der Waals surface area contributed by atoms with Gasteiger partial charge in [0, 0.05) is 18.3 Å². The zero-order valence-electron chi connectivity index (χ0n) is 12.5. The van der Waals surface area contributed by atoms with Crippen molar-refractivity contribution >= 4 is 29.2 Å². The van der Waals surface area contributed by atoms with E-state index in [0.717, 1.165) is 12.0 Å². The van der Waals surface area contributed by atoms with Crippen LogP contribution in [0.25, 0.3) is 0 Å². The van der Waals surface area contributed by atoms with Crippen LogP contribution in [0.5, 0.6) is 0 Å². The number of thiocarbonyl (C=S) groups is 1. The molecule has 0 saturated heterocycles. The molecule has 1 unspecified atom stereocenters. The van der Waals surface area contributed by atoms with Crippen LogP contribution >= 0.6 is 12.2 Å². The van der Waals surface area contributed by atoms with Crippen LogP contribution in [0.4, 0.5) is 5.69 Å². The molecule has 2 rings (SSSR count). The Bertz CT molecular complexity index is 551. The summed E-state index contributed by atoms with van der Waals surface area (Å²) < 4.78 is 0. The second-order valence-electron chi connectivity index (χ2n) is 6.03. The van der Waals surface area contributed by atoms with E-state index in [-0.39, 0.29) is 10.7 Å². The standard InChI is InChI=1S/C15H22N4S/c1-10-8-15(2,3)19(4)13-6-5-11(7-12(10)13)9-17-18-14(16)20/h5-7,9-10H,8H2,1-4H3,(H3,16,18,20)/b17-9+. The van der Waals surface area contributed by atoms with Gasteiger partial charge in [-0.05, 0) is 61.7 Å². The summed E-state index contributed by atoms with van der Waals surface area (Å²) in [6.45, 7) is 6.85. The number of hydrazone groups is 1. The van der Waals surface area contributed by atoms with Gasteiger partial charge in [-0.2, -0.15) is 5.10 Å². The zero-order valence-corrected chi connectivity index (χ0v) is 13.3. The first-order valence-electron chi connectivity index (χ1n) is 6.77. The minimum absolute atomic E-state index is 0.175. The van der Waals surface area contributed by atoms with Gasteiger partial charge in [-0.1, -0.05) is 13.0 Å². The quantitative estimate of drug-likeness (QED) is 0.499. The van der Waals surface area contributed by atoms with Crippen LogP contribution in [0, 0.1) is 0 Å². The van der Waals surface area contributed by atoms with E-state index in [0.29, 0.717) is 5.92 Å². The summed E-state index contributed by atoms with van der Waals surface area (Å²) in [6.07, 6.45) is 2.88. The highest BCUT2D eigenvalue weighted by molar-refractivity contribution is 7.80. The molecule has 1 aliphatic rings. The highest BCUT2D eigenvalue weighted by Crippen LogP contribution is 2.42. The van der Waals surface area contributed by atoms with E-state index >= 15 is 0 Å². The van der Waals surface area contributed by atoms with Crippen molar-refractivity contribution in [3.8, 4) is 0 Å². The topological polar surface area (TPSA) is 53.6 Å². The monoisotopic (exact) mass is 290 g/mol. The van der Waals surface area contributed by atoms with Gasteiger partial charge in [-0.25, -0.2) is 0 Å². The molecule has 108 valence electrons. The summed E-state index contributed by atoms with van der Waals surface area (Å²) in [5.74, 6) is 0.535. The first-order valence-corrected chi connectivity index (χ1v) is 7.18. The molecule has 0 radical (unpaired) electrons. The maximum absolute atomic E-state index is 5.34. The van der Waals surface area contributed by atoms with Gasteiger partial charge in [-0.3, -0.25) is 5.43 Å². The summed E-state index contributed by atoms with van der Waals surface area (Å²) in [6, 6.07) is 6.42. The first-order chi connectivity index (χ1) is 9.31. The predicted octanol–water partition coefficient (Wildman–Crippen LogP) is 2.58. The van der Waals surface area contributed by atoms with E-state index in [1.165, 1.54) is 11.3 Å². The molecule has 1 aromatic carbocycles. The number of rotatable bonds is 2. The van der Waals surface area contributed by atoms with Gasteiger partial charge >= 0.3 is 0 Å². The Morgan fingerprint density at radius 1 is 1.55 bits per heavy atom. The molecule has 20 heavy (non-hydrogen) atoms. The Hall–Kier alpha value is -1.62. The third-order valence-electron chi connectivity index (χ3n) is 4.05. The molecule has 0 saturated carbocycles. The Morgan fingerprint density at radius 3 is 2.90 bits per heavy atom. The van der Waals surface area contributed by atoms with Gasteiger partial charge in [0.25, 0.3) is 0 Å². The lowest BCUT2D eigenvalue weighted by Crippen LogP contribution is -2.45. The van der Waals surface area contributed by atoms with Crippen LogP contribution in [0.15, 0.2) is 23.3 Å². The van der Waals surface area contributed by atoms with Crippen molar-refractivity contribution in [2.45, 2.75) is 38.6 Å².